The SMILES string of the molecule is Cc1cc2c3c(c1)OC1C[C@@H](O)C=C[C@@]31CC[N+](C)(Cc1ccccc1)C2. The van der Waals surface area contributed by atoms with E-state index in [1.165, 1.54) is 22.3 Å². The van der Waals surface area contributed by atoms with Crippen molar-refractivity contribution in [3.63, 3.8) is 0 Å². The van der Waals surface area contributed by atoms with Gasteiger partial charge in [-0.05, 0) is 24.6 Å². The fourth-order valence-electron chi connectivity index (χ4n) is 5.49. The average molecular weight is 362 g/mol. The summed E-state index contributed by atoms with van der Waals surface area (Å²) >= 11 is 0. The van der Waals surface area contributed by atoms with Crippen molar-refractivity contribution in [2.45, 2.75) is 50.5 Å². The highest BCUT2D eigenvalue weighted by Gasteiger charge is 2.53. The number of quaternary nitrogens is 1. The van der Waals surface area contributed by atoms with Crippen molar-refractivity contribution in [2.24, 2.45) is 0 Å². The minimum absolute atomic E-state index is 0.0522. The van der Waals surface area contributed by atoms with Gasteiger partial charge >= 0.3 is 0 Å². The van der Waals surface area contributed by atoms with Crippen molar-refractivity contribution >= 4 is 0 Å². The molecule has 1 N–H and O–H groups in total. The molecule has 0 amide bonds. The molecule has 1 spiro atoms. The summed E-state index contributed by atoms with van der Waals surface area (Å²) in [4.78, 5) is 0. The van der Waals surface area contributed by atoms with Gasteiger partial charge in [0.15, 0.2) is 0 Å². The summed E-state index contributed by atoms with van der Waals surface area (Å²) in [6, 6.07) is 15.4. The molecule has 140 valence electrons. The van der Waals surface area contributed by atoms with E-state index in [0.29, 0.717) is 6.42 Å². The van der Waals surface area contributed by atoms with E-state index in [1.54, 1.807) is 0 Å². The number of hydrogen-bond donors (Lipinski definition) is 1. The van der Waals surface area contributed by atoms with Crippen molar-refractivity contribution in [3.05, 3.63) is 76.9 Å². The summed E-state index contributed by atoms with van der Waals surface area (Å²) in [7, 11) is 2.39. The Kier molecular flexibility index (Phi) is 3.75. The highest BCUT2D eigenvalue weighted by molar-refractivity contribution is 5.56. The van der Waals surface area contributed by atoms with Crippen LogP contribution >= 0.6 is 0 Å². The lowest BCUT2D eigenvalue weighted by atomic mass is 9.69. The van der Waals surface area contributed by atoms with Crippen molar-refractivity contribution in [1.29, 1.82) is 0 Å². The molecule has 0 aromatic heterocycles. The summed E-state index contributed by atoms with van der Waals surface area (Å²) in [6.07, 6.45) is 5.66. The van der Waals surface area contributed by atoms with Crippen LogP contribution in [0.4, 0.5) is 0 Å². The van der Waals surface area contributed by atoms with E-state index in [0.717, 1.165) is 36.3 Å². The second kappa shape index (κ2) is 5.95. The predicted molar refractivity (Wildman–Crippen MR) is 107 cm³/mol. The molecule has 0 saturated heterocycles. The first-order chi connectivity index (χ1) is 13.0. The van der Waals surface area contributed by atoms with E-state index in [9.17, 15) is 5.11 Å². The van der Waals surface area contributed by atoms with E-state index >= 15 is 0 Å². The van der Waals surface area contributed by atoms with Gasteiger partial charge in [0.05, 0.1) is 25.1 Å². The van der Waals surface area contributed by atoms with Gasteiger partial charge in [0.25, 0.3) is 0 Å². The van der Waals surface area contributed by atoms with E-state index in [2.05, 4.69) is 62.5 Å². The first-order valence-corrected chi connectivity index (χ1v) is 10.0. The van der Waals surface area contributed by atoms with Gasteiger partial charge in [-0.3, -0.25) is 0 Å². The van der Waals surface area contributed by atoms with Crippen molar-refractivity contribution in [2.75, 3.05) is 13.6 Å². The molecule has 2 aliphatic heterocycles. The molecule has 1 aliphatic carbocycles. The zero-order valence-electron chi connectivity index (χ0n) is 16.2. The molecule has 5 rings (SSSR count). The van der Waals surface area contributed by atoms with Gasteiger partial charge in [0.1, 0.15) is 24.9 Å². The Hall–Kier alpha value is -2.10. The highest BCUT2D eigenvalue weighted by Crippen LogP contribution is 2.53. The molecule has 0 bridgehead atoms. The quantitative estimate of drug-likeness (QED) is 0.649. The molecular weight excluding hydrogens is 334 g/mol. The number of benzene rings is 2. The van der Waals surface area contributed by atoms with Gasteiger partial charge in [-0.2, -0.15) is 0 Å². The van der Waals surface area contributed by atoms with Crippen LogP contribution in [0.25, 0.3) is 0 Å². The molecule has 0 radical (unpaired) electrons. The number of ether oxygens (including phenoxy) is 1. The molecule has 2 aromatic carbocycles. The first-order valence-electron chi connectivity index (χ1n) is 10.0. The number of aliphatic hydroxyl groups excluding tert-OH is 1. The standard InChI is InChI=1S/C24H28NO2/c1-17-12-19-16-25(2,15-18-6-4-3-5-7-18)11-10-24-9-8-20(26)14-22(24)27-21(13-17)23(19)24/h3-9,12-13,20,22,26H,10-11,14-16H2,1-2H3/q+1/t20-,22?,24-,25?/m0/s1. The fourth-order valence-corrected chi connectivity index (χ4v) is 5.49. The molecule has 3 nitrogen and oxygen atoms in total. The number of aliphatic hydroxyl groups is 1. The van der Waals surface area contributed by atoms with Gasteiger partial charge in [0, 0.05) is 29.5 Å². The Balaban J connectivity index is 1.60. The third kappa shape index (κ3) is 2.72. The monoisotopic (exact) mass is 362 g/mol. The lowest BCUT2D eigenvalue weighted by Crippen LogP contribution is -2.46. The maximum atomic E-state index is 10.2. The van der Waals surface area contributed by atoms with Crippen molar-refractivity contribution in [1.82, 2.24) is 0 Å². The number of aryl methyl sites for hydroxylation is 1. The van der Waals surface area contributed by atoms with E-state index < -0.39 is 6.10 Å². The number of rotatable bonds is 2. The van der Waals surface area contributed by atoms with Crippen LogP contribution in [0.2, 0.25) is 0 Å². The molecule has 4 atom stereocenters. The molecular formula is C24H28NO2+. The topological polar surface area (TPSA) is 29.5 Å². The Morgan fingerprint density at radius 1 is 1.22 bits per heavy atom. The van der Waals surface area contributed by atoms with Gasteiger partial charge in [-0.15, -0.1) is 0 Å². The number of hydrogen-bond acceptors (Lipinski definition) is 2. The molecule has 27 heavy (non-hydrogen) atoms. The Bertz CT molecular complexity index is 906. The zero-order valence-corrected chi connectivity index (χ0v) is 16.2. The summed E-state index contributed by atoms with van der Waals surface area (Å²) < 4.78 is 7.41. The molecule has 2 aromatic rings. The summed E-state index contributed by atoms with van der Waals surface area (Å²) in [5.74, 6) is 1.04. The second-order valence-electron chi connectivity index (χ2n) is 9.00. The maximum absolute atomic E-state index is 10.2. The first kappa shape index (κ1) is 17.0. The van der Waals surface area contributed by atoms with Crippen LogP contribution in [0.1, 0.15) is 35.1 Å². The van der Waals surface area contributed by atoms with Gasteiger partial charge in [0.2, 0.25) is 0 Å². The van der Waals surface area contributed by atoms with E-state index in [-0.39, 0.29) is 11.5 Å². The predicted octanol–water partition coefficient (Wildman–Crippen LogP) is 3.87. The van der Waals surface area contributed by atoms with Gasteiger partial charge in [-0.1, -0.05) is 42.5 Å². The smallest absolute Gasteiger partial charge is 0.124 e. The largest absolute Gasteiger partial charge is 0.489 e. The van der Waals surface area contributed by atoms with Crippen LogP contribution in [0.5, 0.6) is 5.75 Å². The van der Waals surface area contributed by atoms with Crippen LogP contribution in [-0.4, -0.2) is 35.4 Å². The number of nitrogens with zero attached hydrogens (tertiary/aromatic N) is 1. The van der Waals surface area contributed by atoms with Crippen LogP contribution in [0.3, 0.4) is 0 Å². The summed E-state index contributed by atoms with van der Waals surface area (Å²) in [5.41, 5.74) is 5.38. The van der Waals surface area contributed by atoms with Crippen molar-refractivity contribution in [3.8, 4) is 5.75 Å². The highest BCUT2D eigenvalue weighted by atomic mass is 16.5. The van der Waals surface area contributed by atoms with Gasteiger partial charge in [-0.25, -0.2) is 0 Å². The second-order valence-corrected chi connectivity index (χ2v) is 9.00. The molecule has 2 heterocycles. The molecule has 3 heteroatoms. The van der Waals surface area contributed by atoms with Crippen LogP contribution in [0.15, 0.2) is 54.6 Å². The maximum Gasteiger partial charge on any atom is 0.124 e. The van der Waals surface area contributed by atoms with Crippen LogP contribution < -0.4 is 4.74 Å². The zero-order chi connectivity index (χ0) is 18.6. The Labute approximate surface area is 161 Å². The Morgan fingerprint density at radius 2 is 2.04 bits per heavy atom. The fraction of sp³-hybridized carbons (Fsp3) is 0.417. The van der Waals surface area contributed by atoms with E-state index in [4.69, 9.17) is 4.74 Å². The molecule has 0 fully saturated rings. The molecule has 0 saturated carbocycles. The third-order valence-corrected chi connectivity index (χ3v) is 6.73. The summed E-state index contributed by atoms with van der Waals surface area (Å²) in [6.45, 7) is 5.32. The normalized spacial score (nSPS) is 33.7. The van der Waals surface area contributed by atoms with Crippen LogP contribution in [-0.2, 0) is 18.5 Å². The summed E-state index contributed by atoms with van der Waals surface area (Å²) in [5, 5.41) is 10.2. The lowest BCUT2D eigenvalue weighted by Gasteiger charge is -2.37. The van der Waals surface area contributed by atoms with Gasteiger partial charge < -0.3 is 14.3 Å². The Morgan fingerprint density at radius 3 is 2.85 bits per heavy atom. The third-order valence-electron chi connectivity index (χ3n) is 6.73. The molecule has 3 aliphatic rings. The van der Waals surface area contributed by atoms with E-state index in [1.807, 2.05) is 6.08 Å². The average Bonchev–Trinajstić information content (AvgIpc) is 2.87. The lowest BCUT2D eigenvalue weighted by molar-refractivity contribution is -0.935. The van der Waals surface area contributed by atoms with Crippen molar-refractivity contribution < 1.29 is 14.3 Å². The minimum Gasteiger partial charge on any atom is -0.489 e. The minimum atomic E-state index is -0.395. The van der Waals surface area contributed by atoms with Crippen LogP contribution in [0, 0.1) is 6.92 Å². The molecule has 2 unspecified atom stereocenters.